The van der Waals surface area contributed by atoms with Gasteiger partial charge in [0.2, 0.25) is 5.85 Å². The summed E-state index contributed by atoms with van der Waals surface area (Å²) in [5, 5.41) is 14.2. The predicted molar refractivity (Wildman–Crippen MR) is 121 cm³/mol. The number of nitrogens with one attached hydrogen (secondary N) is 1. The fourth-order valence-corrected chi connectivity index (χ4v) is 4.00. The predicted octanol–water partition coefficient (Wildman–Crippen LogP) is 5.18. The Morgan fingerprint density at radius 3 is 2.66 bits per heavy atom. The fraction of sp³-hybridized carbons (Fsp3) is 0.360. The Balaban J connectivity index is 1.74. The number of pyridine rings is 1. The van der Waals surface area contributed by atoms with Crippen LogP contribution in [0.2, 0.25) is 0 Å². The fourth-order valence-electron chi connectivity index (χ4n) is 4.00. The van der Waals surface area contributed by atoms with Crippen molar-refractivity contribution in [2.75, 3.05) is 11.9 Å². The number of nitrogens with zero attached hydrogens (tertiary/aromatic N) is 1. The molecule has 0 fully saturated rings. The molecule has 0 aliphatic rings. The summed E-state index contributed by atoms with van der Waals surface area (Å²) >= 11 is 0. The van der Waals surface area contributed by atoms with Gasteiger partial charge in [-0.3, -0.25) is 4.79 Å². The topological polar surface area (TPSA) is 71.5 Å². The summed E-state index contributed by atoms with van der Waals surface area (Å²) in [6, 6.07) is 13.3. The van der Waals surface area contributed by atoms with Crippen molar-refractivity contribution in [3.63, 3.8) is 0 Å². The number of hydrogen-bond donors (Lipinski definition) is 2. The van der Waals surface area contributed by atoms with Crippen molar-refractivity contribution >= 4 is 22.6 Å². The molecular weight excluding hydrogens is 414 g/mol. The second-order valence-corrected chi connectivity index (χ2v) is 8.75. The van der Waals surface area contributed by atoms with Crippen LogP contribution in [0, 0.1) is 12.7 Å². The van der Waals surface area contributed by atoms with E-state index in [1.807, 2.05) is 6.92 Å². The van der Waals surface area contributed by atoms with Crippen molar-refractivity contribution in [2.24, 2.45) is 0 Å². The number of aryl methyl sites for hydroxylation is 1. The van der Waals surface area contributed by atoms with E-state index < -0.39 is 17.1 Å². The molecule has 2 aromatic carbocycles. The van der Waals surface area contributed by atoms with Crippen LogP contribution in [0.4, 0.5) is 14.5 Å². The number of aliphatic hydroxyl groups is 1. The first kappa shape index (κ1) is 23.6. The van der Waals surface area contributed by atoms with Crippen molar-refractivity contribution < 1.29 is 23.4 Å². The number of rotatable bonds is 8. The number of anilines is 1. The molecule has 1 unspecified atom stereocenters. The number of aromatic nitrogens is 1. The standard InChI is InChI=1S/C25H28F2N2O3/c1-16-8-9-18(26)12-21(16)24(3,4)14-25(27,31)15-28-22-6-5-7-23-20(22)11-10-19(29-23)13-32-17(2)30/h5-12,28,31H,13-15H2,1-4H3. The molecule has 0 saturated heterocycles. The van der Waals surface area contributed by atoms with E-state index in [2.05, 4.69) is 10.3 Å². The first-order chi connectivity index (χ1) is 15.0. The Morgan fingerprint density at radius 1 is 1.19 bits per heavy atom. The molecule has 0 radical (unpaired) electrons. The molecule has 2 N–H and O–H groups in total. The lowest BCUT2D eigenvalue weighted by atomic mass is 9.77. The largest absolute Gasteiger partial charge is 0.459 e. The first-order valence-corrected chi connectivity index (χ1v) is 10.4. The van der Waals surface area contributed by atoms with Gasteiger partial charge in [0.25, 0.3) is 0 Å². The van der Waals surface area contributed by atoms with Crippen LogP contribution < -0.4 is 5.32 Å². The molecule has 32 heavy (non-hydrogen) atoms. The highest BCUT2D eigenvalue weighted by Gasteiger charge is 2.36. The summed E-state index contributed by atoms with van der Waals surface area (Å²) in [6.07, 6.45) is -0.215. The molecule has 1 aromatic heterocycles. The van der Waals surface area contributed by atoms with Gasteiger partial charge in [0.1, 0.15) is 12.4 Å². The minimum Gasteiger partial charge on any atom is -0.459 e. The number of benzene rings is 2. The van der Waals surface area contributed by atoms with Gasteiger partial charge in [-0.1, -0.05) is 26.0 Å². The Kier molecular flexibility index (Phi) is 6.79. The molecule has 7 heteroatoms. The van der Waals surface area contributed by atoms with E-state index in [1.165, 1.54) is 19.1 Å². The molecule has 0 amide bonds. The SMILES string of the molecule is CC(=O)OCc1ccc2c(NCC(O)(F)CC(C)(C)c3cc(F)ccc3C)cccc2n1. The highest BCUT2D eigenvalue weighted by Crippen LogP contribution is 2.36. The maximum Gasteiger partial charge on any atom is 0.303 e. The molecule has 0 saturated carbocycles. The number of alkyl halides is 1. The molecule has 3 aromatic rings. The Bertz CT molecular complexity index is 1130. The maximum absolute atomic E-state index is 15.2. The monoisotopic (exact) mass is 442 g/mol. The van der Waals surface area contributed by atoms with Crippen LogP contribution in [0.25, 0.3) is 10.9 Å². The lowest BCUT2D eigenvalue weighted by Crippen LogP contribution is -2.39. The molecule has 0 aliphatic carbocycles. The van der Waals surface area contributed by atoms with Gasteiger partial charge >= 0.3 is 5.97 Å². The number of hydrogen-bond acceptors (Lipinski definition) is 5. The molecule has 3 rings (SSSR count). The van der Waals surface area contributed by atoms with Crippen molar-refractivity contribution in [3.8, 4) is 0 Å². The number of carbonyl (C=O) groups is 1. The van der Waals surface area contributed by atoms with Crippen LogP contribution in [-0.4, -0.2) is 28.5 Å². The first-order valence-electron chi connectivity index (χ1n) is 10.4. The molecule has 170 valence electrons. The number of fused-ring (bicyclic) bond motifs is 1. The normalized spacial score (nSPS) is 13.6. The van der Waals surface area contributed by atoms with Crippen molar-refractivity contribution in [3.05, 3.63) is 71.2 Å². The van der Waals surface area contributed by atoms with Crippen LogP contribution in [0.5, 0.6) is 0 Å². The third-order valence-corrected chi connectivity index (χ3v) is 5.40. The van der Waals surface area contributed by atoms with Crippen molar-refractivity contribution in [2.45, 2.75) is 52.0 Å². The minimum absolute atomic E-state index is 0.0712. The van der Waals surface area contributed by atoms with Gasteiger partial charge in [0, 0.05) is 24.4 Å². The van der Waals surface area contributed by atoms with Gasteiger partial charge in [0.05, 0.1) is 17.8 Å². The average Bonchev–Trinajstić information content (AvgIpc) is 2.71. The van der Waals surface area contributed by atoms with Crippen LogP contribution >= 0.6 is 0 Å². The maximum atomic E-state index is 15.2. The van der Waals surface area contributed by atoms with E-state index in [4.69, 9.17) is 4.74 Å². The third-order valence-electron chi connectivity index (χ3n) is 5.40. The average molecular weight is 443 g/mol. The smallest absolute Gasteiger partial charge is 0.303 e. The van der Waals surface area contributed by atoms with Gasteiger partial charge in [0.15, 0.2) is 0 Å². The third kappa shape index (κ3) is 5.79. The molecule has 1 heterocycles. The highest BCUT2D eigenvalue weighted by atomic mass is 19.2. The van der Waals surface area contributed by atoms with Crippen molar-refractivity contribution in [1.29, 1.82) is 0 Å². The van der Waals surface area contributed by atoms with Crippen LogP contribution in [0.3, 0.4) is 0 Å². The van der Waals surface area contributed by atoms with Gasteiger partial charge in [-0.15, -0.1) is 0 Å². The molecule has 0 aliphatic heterocycles. The Morgan fingerprint density at radius 2 is 1.94 bits per heavy atom. The molecule has 0 spiro atoms. The lowest BCUT2D eigenvalue weighted by Gasteiger charge is -2.33. The van der Waals surface area contributed by atoms with Crippen LogP contribution in [0.15, 0.2) is 48.5 Å². The van der Waals surface area contributed by atoms with E-state index in [9.17, 15) is 14.3 Å². The second kappa shape index (κ2) is 9.20. The van der Waals surface area contributed by atoms with Crippen LogP contribution in [-0.2, 0) is 21.6 Å². The van der Waals surface area contributed by atoms with Gasteiger partial charge in [-0.05, 0) is 59.9 Å². The Labute approximate surface area is 186 Å². The number of esters is 1. The quantitative estimate of drug-likeness (QED) is 0.470. The Hall–Kier alpha value is -3.06. The summed E-state index contributed by atoms with van der Waals surface area (Å²) < 4.78 is 33.9. The van der Waals surface area contributed by atoms with Gasteiger partial charge in [-0.2, -0.15) is 0 Å². The zero-order valence-electron chi connectivity index (χ0n) is 18.7. The minimum atomic E-state index is -2.53. The number of ether oxygens (including phenoxy) is 1. The summed E-state index contributed by atoms with van der Waals surface area (Å²) in [5.41, 5.74) is 2.57. The summed E-state index contributed by atoms with van der Waals surface area (Å²) in [6.45, 7) is 6.46. The molecule has 1 atom stereocenters. The molecule has 5 nitrogen and oxygen atoms in total. The van der Waals surface area contributed by atoms with Gasteiger partial charge < -0.3 is 15.2 Å². The zero-order valence-corrected chi connectivity index (χ0v) is 18.7. The molecule has 0 bridgehead atoms. The number of carbonyl (C=O) groups excluding carboxylic acids is 1. The number of halogens is 2. The summed E-state index contributed by atoms with van der Waals surface area (Å²) in [5.74, 6) is -3.32. The van der Waals surface area contributed by atoms with E-state index in [0.717, 1.165) is 10.9 Å². The van der Waals surface area contributed by atoms with E-state index in [-0.39, 0.29) is 25.5 Å². The van der Waals surface area contributed by atoms with E-state index >= 15 is 4.39 Å². The highest BCUT2D eigenvalue weighted by molar-refractivity contribution is 5.91. The van der Waals surface area contributed by atoms with Crippen LogP contribution in [0.1, 0.15) is 44.0 Å². The summed E-state index contributed by atoms with van der Waals surface area (Å²) in [7, 11) is 0. The van der Waals surface area contributed by atoms with E-state index in [1.54, 1.807) is 50.2 Å². The zero-order chi connectivity index (χ0) is 23.5. The second-order valence-electron chi connectivity index (χ2n) is 8.75. The molecular formula is C25H28F2N2O3. The lowest BCUT2D eigenvalue weighted by molar-refractivity contribution is -0.142. The van der Waals surface area contributed by atoms with Gasteiger partial charge in [-0.25, -0.2) is 13.8 Å². The summed E-state index contributed by atoms with van der Waals surface area (Å²) in [4.78, 5) is 15.5. The van der Waals surface area contributed by atoms with Crippen molar-refractivity contribution in [1.82, 2.24) is 4.98 Å². The van der Waals surface area contributed by atoms with E-state index in [0.29, 0.717) is 22.5 Å².